The molecule has 2 aliphatic rings. The number of imidazole rings is 1. The Labute approximate surface area is 237 Å². The van der Waals surface area contributed by atoms with E-state index in [1.807, 2.05) is 18.2 Å². The van der Waals surface area contributed by atoms with Gasteiger partial charge in [-0.15, -0.1) is 0 Å². The number of amides is 1. The summed E-state index contributed by atoms with van der Waals surface area (Å²) >= 11 is 0. The van der Waals surface area contributed by atoms with Crippen LogP contribution in [-0.2, 0) is 17.9 Å². The molecule has 0 unspecified atom stereocenters. The number of aryl methyl sites for hydroxylation is 1. The quantitative estimate of drug-likeness (QED) is 0.334. The van der Waals surface area contributed by atoms with Gasteiger partial charge in [-0.3, -0.25) is 9.69 Å². The van der Waals surface area contributed by atoms with Gasteiger partial charge in [-0.1, -0.05) is 36.4 Å². The lowest BCUT2D eigenvalue weighted by Crippen LogP contribution is -2.52. The number of anilines is 1. The van der Waals surface area contributed by atoms with Crippen molar-refractivity contribution in [3.63, 3.8) is 0 Å². The van der Waals surface area contributed by atoms with Crippen LogP contribution >= 0.6 is 0 Å². The summed E-state index contributed by atoms with van der Waals surface area (Å²) in [4.78, 5) is 25.6. The molecule has 1 aromatic heterocycles. The van der Waals surface area contributed by atoms with Crippen LogP contribution < -0.4 is 9.64 Å². The minimum atomic E-state index is 0.0543. The van der Waals surface area contributed by atoms with Crippen LogP contribution in [0.25, 0.3) is 11.0 Å². The summed E-state index contributed by atoms with van der Waals surface area (Å²) in [5.74, 6) is 2.29. The minimum absolute atomic E-state index is 0.0543. The van der Waals surface area contributed by atoms with Crippen molar-refractivity contribution in [2.24, 2.45) is 5.92 Å². The summed E-state index contributed by atoms with van der Waals surface area (Å²) < 4.78 is 7.67. The molecule has 0 aliphatic carbocycles. The van der Waals surface area contributed by atoms with Gasteiger partial charge in [0, 0.05) is 45.0 Å². The van der Waals surface area contributed by atoms with Crippen LogP contribution in [0.1, 0.15) is 29.8 Å². The first-order valence-corrected chi connectivity index (χ1v) is 14.5. The summed E-state index contributed by atoms with van der Waals surface area (Å²) in [7, 11) is 1.69. The molecule has 6 rings (SSSR count). The van der Waals surface area contributed by atoms with Crippen molar-refractivity contribution < 1.29 is 9.53 Å². The second kappa shape index (κ2) is 11.7. The van der Waals surface area contributed by atoms with E-state index in [1.54, 1.807) is 7.11 Å². The predicted octanol–water partition coefficient (Wildman–Crippen LogP) is 4.96. The molecule has 0 radical (unpaired) electrons. The third kappa shape index (κ3) is 5.70. The SMILES string of the molecule is COc1ccc(Cn2c(CN3CCC[C@@H](C(=O)N4CCN(c5cccc(C)c5)CC4)C3)nc3ccccc32)cc1. The fourth-order valence-electron chi connectivity index (χ4n) is 6.20. The smallest absolute Gasteiger partial charge is 0.227 e. The average molecular weight is 538 g/mol. The minimum Gasteiger partial charge on any atom is -0.497 e. The van der Waals surface area contributed by atoms with Crippen LogP contribution in [0, 0.1) is 12.8 Å². The Bertz CT molecular complexity index is 1460. The largest absolute Gasteiger partial charge is 0.497 e. The highest BCUT2D eigenvalue weighted by Gasteiger charge is 2.31. The monoisotopic (exact) mass is 537 g/mol. The van der Waals surface area contributed by atoms with Gasteiger partial charge in [0.2, 0.25) is 5.91 Å². The number of fused-ring (bicyclic) bond motifs is 1. The number of carbonyl (C=O) groups is 1. The second-order valence-electron chi connectivity index (χ2n) is 11.2. The maximum atomic E-state index is 13.6. The summed E-state index contributed by atoms with van der Waals surface area (Å²) in [6.45, 7) is 8.78. The number of likely N-dealkylation sites (tertiary alicyclic amines) is 1. The number of rotatable bonds is 7. The zero-order valence-corrected chi connectivity index (χ0v) is 23.6. The molecule has 2 aliphatic heterocycles. The summed E-state index contributed by atoms with van der Waals surface area (Å²) in [5, 5.41) is 0. The van der Waals surface area contributed by atoms with Crippen LogP contribution in [0.15, 0.2) is 72.8 Å². The Morgan fingerprint density at radius 2 is 1.73 bits per heavy atom. The number of hydrogen-bond acceptors (Lipinski definition) is 5. The van der Waals surface area contributed by atoms with Crippen LogP contribution in [0.4, 0.5) is 5.69 Å². The molecule has 1 atom stereocenters. The fraction of sp³-hybridized carbons (Fsp3) is 0.394. The highest BCUT2D eigenvalue weighted by atomic mass is 16.5. The summed E-state index contributed by atoms with van der Waals surface area (Å²) in [6.07, 6.45) is 2.01. The lowest BCUT2D eigenvalue weighted by molar-refractivity contribution is -0.137. The first-order chi connectivity index (χ1) is 19.6. The van der Waals surface area contributed by atoms with Gasteiger partial charge in [0.25, 0.3) is 0 Å². The number of carbonyl (C=O) groups excluding carboxylic acids is 1. The molecule has 40 heavy (non-hydrogen) atoms. The van der Waals surface area contributed by atoms with Gasteiger partial charge >= 0.3 is 0 Å². The number of nitrogens with zero attached hydrogens (tertiary/aromatic N) is 5. The van der Waals surface area contributed by atoms with Crippen molar-refractivity contribution in [2.75, 3.05) is 51.3 Å². The maximum Gasteiger partial charge on any atom is 0.227 e. The molecule has 0 bridgehead atoms. The van der Waals surface area contributed by atoms with Crippen LogP contribution in [-0.4, -0.2) is 71.6 Å². The van der Waals surface area contributed by atoms with Gasteiger partial charge in [0.15, 0.2) is 0 Å². The van der Waals surface area contributed by atoms with Gasteiger partial charge in [-0.2, -0.15) is 0 Å². The summed E-state index contributed by atoms with van der Waals surface area (Å²) in [5.41, 5.74) is 5.90. The Morgan fingerprint density at radius 1 is 0.925 bits per heavy atom. The van der Waals surface area contributed by atoms with Crippen molar-refractivity contribution in [3.05, 3.63) is 89.7 Å². The number of hydrogen-bond donors (Lipinski definition) is 0. The molecule has 4 aromatic rings. The van der Waals surface area contributed by atoms with Crippen molar-refractivity contribution in [3.8, 4) is 5.75 Å². The lowest BCUT2D eigenvalue weighted by atomic mass is 9.96. The third-order valence-corrected chi connectivity index (χ3v) is 8.41. The van der Waals surface area contributed by atoms with E-state index < -0.39 is 0 Å². The van der Waals surface area contributed by atoms with Crippen molar-refractivity contribution in [2.45, 2.75) is 32.9 Å². The number of piperidine rings is 1. The molecular formula is C33H39N5O2. The van der Waals surface area contributed by atoms with Gasteiger partial charge in [0.1, 0.15) is 11.6 Å². The molecule has 1 amide bonds. The Morgan fingerprint density at radius 3 is 2.50 bits per heavy atom. The first-order valence-electron chi connectivity index (χ1n) is 14.5. The number of ether oxygens (including phenoxy) is 1. The van der Waals surface area contributed by atoms with E-state index in [-0.39, 0.29) is 5.92 Å². The first kappa shape index (κ1) is 26.4. The molecule has 208 valence electrons. The van der Waals surface area contributed by atoms with Gasteiger partial charge < -0.3 is 19.1 Å². The second-order valence-corrected chi connectivity index (χ2v) is 11.2. The molecular weight excluding hydrogens is 498 g/mol. The number of piperazine rings is 1. The van der Waals surface area contributed by atoms with Gasteiger partial charge in [-0.25, -0.2) is 4.98 Å². The van der Waals surface area contributed by atoms with Crippen molar-refractivity contribution in [1.29, 1.82) is 0 Å². The molecule has 2 saturated heterocycles. The van der Waals surface area contributed by atoms with Crippen LogP contribution in [0.2, 0.25) is 0 Å². The zero-order valence-electron chi connectivity index (χ0n) is 23.6. The van der Waals surface area contributed by atoms with E-state index in [0.29, 0.717) is 5.91 Å². The molecule has 0 spiro atoms. The Hall–Kier alpha value is -3.84. The Balaban J connectivity index is 1.12. The van der Waals surface area contributed by atoms with Crippen LogP contribution in [0.3, 0.4) is 0 Å². The highest BCUT2D eigenvalue weighted by molar-refractivity contribution is 5.79. The lowest BCUT2D eigenvalue weighted by Gasteiger charge is -2.39. The van der Waals surface area contributed by atoms with E-state index in [1.165, 1.54) is 16.8 Å². The zero-order chi connectivity index (χ0) is 27.5. The van der Waals surface area contributed by atoms with Crippen molar-refractivity contribution >= 4 is 22.6 Å². The van der Waals surface area contributed by atoms with E-state index in [9.17, 15) is 4.79 Å². The van der Waals surface area contributed by atoms with Gasteiger partial charge in [0.05, 0.1) is 30.6 Å². The molecule has 0 N–H and O–H groups in total. The maximum absolute atomic E-state index is 13.6. The number of benzene rings is 3. The standard InChI is InChI=1S/C33H39N5O2/c1-25-7-5-9-28(21-25)36-17-19-37(20-18-36)33(39)27-8-6-16-35(23-27)24-32-34-30-10-3-4-11-31(30)38(32)22-26-12-14-29(40-2)15-13-26/h3-5,7,9-15,21,27H,6,8,16-20,22-24H2,1-2H3/t27-/m1/s1. The van der Waals surface area contributed by atoms with Gasteiger partial charge in [-0.05, 0) is 73.8 Å². The molecule has 3 heterocycles. The fourth-order valence-corrected chi connectivity index (χ4v) is 6.20. The molecule has 7 nitrogen and oxygen atoms in total. The highest BCUT2D eigenvalue weighted by Crippen LogP contribution is 2.25. The normalized spacial score (nSPS) is 18.3. The predicted molar refractivity (Wildman–Crippen MR) is 160 cm³/mol. The number of methoxy groups -OCH3 is 1. The van der Waals surface area contributed by atoms with E-state index in [2.05, 4.69) is 80.8 Å². The van der Waals surface area contributed by atoms with E-state index in [4.69, 9.17) is 9.72 Å². The molecule has 7 heteroatoms. The average Bonchev–Trinajstić information content (AvgIpc) is 3.33. The topological polar surface area (TPSA) is 53.8 Å². The van der Waals surface area contributed by atoms with Crippen LogP contribution in [0.5, 0.6) is 5.75 Å². The third-order valence-electron chi connectivity index (χ3n) is 8.41. The number of para-hydroxylation sites is 2. The van der Waals surface area contributed by atoms with Crippen molar-refractivity contribution in [1.82, 2.24) is 19.4 Å². The van der Waals surface area contributed by atoms with E-state index in [0.717, 1.165) is 87.8 Å². The molecule has 3 aromatic carbocycles. The molecule has 0 saturated carbocycles. The summed E-state index contributed by atoms with van der Waals surface area (Å²) in [6, 6.07) is 25.3. The molecule has 2 fully saturated rings. The Kier molecular flexibility index (Phi) is 7.73. The van der Waals surface area contributed by atoms with E-state index >= 15 is 0 Å². The number of aromatic nitrogens is 2.